The summed E-state index contributed by atoms with van der Waals surface area (Å²) in [6.45, 7) is 0. The van der Waals surface area contributed by atoms with Crippen molar-refractivity contribution in [2.45, 2.75) is 5.66 Å². The summed E-state index contributed by atoms with van der Waals surface area (Å²) in [4.78, 5) is 4.45. The summed E-state index contributed by atoms with van der Waals surface area (Å²) >= 11 is 0. The minimum absolute atomic E-state index is 0.692. The molecule has 0 saturated carbocycles. The van der Waals surface area contributed by atoms with Gasteiger partial charge in [0, 0.05) is 11.1 Å². The molecule has 1 heterocycles. The van der Waals surface area contributed by atoms with Crippen LogP contribution >= 0.6 is 0 Å². The molecule has 0 aliphatic carbocycles. The Morgan fingerprint density at radius 2 is 1.24 bits per heavy atom. The van der Waals surface area contributed by atoms with E-state index in [2.05, 4.69) is 15.2 Å². The van der Waals surface area contributed by atoms with Crippen LogP contribution in [0.4, 0.5) is 0 Å². The SMILES string of the molecule is C1=NC(c2ccccc2)(c2ccccc2)N=N1. The number of azo groups is 1. The first kappa shape index (κ1) is 9.90. The molecule has 0 radical (unpaired) electrons. The fourth-order valence-corrected chi connectivity index (χ4v) is 2.02. The number of rotatable bonds is 2. The van der Waals surface area contributed by atoms with Crippen LogP contribution in [0.1, 0.15) is 11.1 Å². The van der Waals surface area contributed by atoms with Crippen molar-refractivity contribution < 1.29 is 0 Å². The Morgan fingerprint density at radius 1 is 0.706 bits per heavy atom. The van der Waals surface area contributed by atoms with Crippen LogP contribution < -0.4 is 0 Å². The molecule has 1 aliphatic rings. The molecule has 0 N–H and O–H groups in total. The number of nitrogens with zero attached hydrogens (tertiary/aromatic N) is 3. The third kappa shape index (κ3) is 1.56. The molecule has 3 rings (SSSR count). The molecule has 0 fully saturated rings. The summed E-state index contributed by atoms with van der Waals surface area (Å²) in [5, 5.41) is 8.23. The lowest BCUT2D eigenvalue weighted by Gasteiger charge is -2.22. The lowest BCUT2D eigenvalue weighted by atomic mass is 9.93. The molecule has 0 atom stereocenters. The predicted molar refractivity (Wildman–Crippen MR) is 67.0 cm³/mol. The van der Waals surface area contributed by atoms with Crippen molar-refractivity contribution >= 4 is 6.34 Å². The van der Waals surface area contributed by atoms with Gasteiger partial charge in [0.05, 0.1) is 0 Å². The van der Waals surface area contributed by atoms with E-state index >= 15 is 0 Å². The van der Waals surface area contributed by atoms with Gasteiger partial charge in [0.2, 0.25) is 5.66 Å². The molecule has 17 heavy (non-hydrogen) atoms. The Morgan fingerprint density at radius 3 is 1.65 bits per heavy atom. The van der Waals surface area contributed by atoms with Gasteiger partial charge in [0.15, 0.2) is 0 Å². The standard InChI is InChI=1S/C14H11N3/c1-3-7-12(8-4-1)14(15-11-16-17-14)13-9-5-2-6-10-13/h1-11H. The van der Waals surface area contributed by atoms with E-state index < -0.39 is 5.66 Å². The highest BCUT2D eigenvalue weighted by Gasteiger charge is 2.35. The minimum atomic E-state index is -0.692. The monoisotopic (exact) mass is 221 g/mol. The molecule has 0 aromatic heterocycles. The molecule has 3 nitrogen and oxygen atoms in total. The van der Waals surface area contributed by atoms with Gasteiger partial charge in [-0.25, -0.2) is 4.99 Å². The minimum Gasteiger partial charge on any atom is -0.231 e. The van der Waals surface area contributed by atoms with Crippen molar-refractivity contribution in [3.8, 4) is 0 Å². The van der Waals surface area contributed by atoms with Gasteiger partial charge in [-0.3, -0.25) is 0 Å². The normalized spacial score (nSPS) is 16.2. The molecular weight excluding hydrogens is 210 g/mol. The van der Waals surface area contributed by atoms with Crippen LogP contribution in [0.5, 0.6) is 0 Å². The van der Waals surface area contributed by atoms with Crippen LogP contribution in [0.3, 0.4) is 0 Å². The fourth-order valence-electron chi connectivity index (χ4n) is 2.02. The fraction of sp³-hybridized carbons (Fsp3) is 0.0714. The average molecular weight is 221 g/mol. The number of benzene rings is 2. The molecular formula is C14H11N3. The maximum Gasteiger partial charge on any atom is 0.223 e. The maximum atomic E-state index is 4.45. The summed E-state index contributed by atoms with van der Waals surface area (Å²) in [7, 11) is 0. The Labute approximate surface area is 99.6 Å². The van der Waals surface area contributed by atoms with Gasteiger partial charge < -0.3 is 0 Å². The van der Waals surface area contributed by atoms with Crippen molar-refractivity contribution in [1.29, 1.82) is 0 Å². The first-order chi connectivity index (χ1) is 8.42. The zero-order valence-corrected chi connectivity index (χ0v) is 9.19. The van der Waals surface area contributed by atoms with Crippen LogP contribution in [0.15, 0.2) is 75.9 Å². The van der Waals surface area contributed by atoms with Crippen molar-refractivity contribution in [2.75, 3.05) is 0 Å². The smallest absolute Gasteiger partial charge is 0.223 e. The first-order valence-corrected chi connectivity index (χ1v) is 5.48. The van der Waals surface area contributed by atoms with Crippen LogP contribution in [0.2, 0.25) is 0 Å². The van der Waals surface area contributed by atoms with E-state index in [1.807, 2.05) is 60.7 Å². The van der Waals surface area contributed by atoms with E-state index in [9.17, 15) is 0 Å². The lowest BCUT2D eigenvalue weighted by Crippen LogP contribution is -2.20. The van der Waals surface area contributed by atoms with Crippen molar-refractivity contribution in [1.82, 2.24) is 0 Å². The Kier molecular flexibility index (Phi) is 2.29. The second-order valence-corrected chi connectivity index (χ2v) is 3.86. The zero-order chi connectivity index (χ0) is 11.6. The maximum absolute atomic E-state index is 4.45. The number of hydrogen-bond acceptors (Lipinski definition) is 3. The predicted octanol–water partition coefficient (Wildman–Crippen LogP) is 3.38. The van der Waals surface area contributed by atoms with E-state index in [0.29, 0.717) is 0 Å². The molecule has 82 valence electrons. The summed E-state index contributed by atoms with van der Waals surface area (Å²) in [6.07, 6.45) is 1.51. The number of hydrogen-bond donors (Lipinski definition) is 0. The second-order valence-electron chi connectivity index (χ2n) is 3.86. The van der Waals surface area contributed by atoms with Crippen molar-refractivity contribution in [2.24, 2.45) is 15.2 Å². The second kappa shape index (κ2) is 3.94. The Hall–Kier alpha value is -2.29. The molecule has 0 saturated heterocycles. The summed E-state index contributed by atoms with van der Waals surface area (Å²) in [6, 6.07) is 20.0. The molecule has 0 amide bonds. The Bertz CT molecular complexity index is 505. The summed E-state index contributed by atoms with van der Waals surface area (Å²) < 4.78 is 0. The summed E-state index contributed by atoms with van der Waals surface area (Å²) in [5.41, 5.74) is 1.37. The zero-order valence-electron chi connectivity index (χ0n) is 9.19. The highest BCUT2D eigenvalue weighted by atomic mass is 15.3. The first-order valence-electron chi connectivity index (χ1n) is 5.48. The van der Waals surface area contributed by atoms with E-state index in [1.54, 1.807) is 0 Å². The van der Waals surface area contributed by atoms with Crippen LogP contribution in [-0.4, -0.2) is 6.34 Å². The van der Waals surface area contributed by atoms with Gasteiger partial charge in [-0.05, 0) is 0 Å². The average Bonchev–Trinajstić information content (AvgIpc) is 2.91. The van der Waals surface area contributed by atoms with Crippen molar-refractivity contribution in [3.05, 3.63) is 71.8 Å². The van der Waals surface area contributed by atoms with Crippen LogP contribution in [0, 0.1) is 0 Å². The lowest BCUT2D eigenvalue weighted by molar-refractivity contribution is 0.572. The third-order valence-electron chi connectivity index (χ3n) is 2.85. The van der Waals surface area contributed by atoms with E-state index in [-0.39, 0.29) is 0 Å². The quantitative estimate of drug-likeness (QED) is 0.745. The molecule has 2 aromatic carbocycles. The van der Waals surface area contributed by atoms with Crippen LogP contribution in [-0.2, 0) is 5.66 Å². The van der Waals surface area contributed by atoms with Gasteiger partial charge >= 0.3 is 0 Å². The molecule has 0 bridgehead atoms. The highest BCUT2D eigenvalue weighted by molar-refractivity contribution is 5.60. The summed E-state index contributed by atoms with van der Waals surface area (Å²) in [5.74, 6) is 0. The van der Waals surface area contributed by atoms with Crippen LogP contribution in [0.25, 0.3) is 0 Å². The van der Waals surface area contributed by atoms with E-state index in [0.717, 1.165) is 11.1 Å². The van der Waals surface area contributed by atoms with Gasteiger partial charge in [-0.15, -0.1) is 10.2 Å². The molecule has 0 spiro atoms. The van der Waals surface area contributed by atoms with E-state index in [4.69, 9.17) is 0 Å². The largest absolute Gasteiger partial charge is 0.231 e. The molecule has 0 unspecified atom stereocenters. The van der Waals surface area contributed by atoms with Gasteiger partial charge in [0.25, 0.3) is 0 Å². The Balaban J connectivity index is 2.19. The van der Waals surface area contributed by atoms with E-state index in [1.165, 1.54) is 6.34 Å². The highest BCUT2D eigenvalue weighted by Crippen LogP contribution is 2.37. The van der Waals surface area contributed by atoms with Gasteiger partial charge in [-0.1, -0.05) is 60.7 Å². The van der Waals surface area contributed by atoms with Gasteiger partial charge in [-0.2, -0.15) is 0 Å². The van der Waals surface area contributed by atoms with Crippen molar-refractivity contribution in [3.63, 3.8) is 0 Å². The molecule has 3 heteroatoms. The molecule has 1 aliphatic heterocycles. The third-order valence-corrected chi connectivity index (χ3v) is 2.85. The molecule has 2 aromatic rings. The number of aliphatic imine (C=N–C) groups is 1. The van der Waals surface area contributed by atoms with Gasteiger partial charge in [0.1, 0.15) is 6.34 Å². The topological polar surface area (TPSA) is 37.1 Å².